The van der Waals surface area contributed by atoms with Crippen molar-refractivity contribution in [1.29, 1.82) is 0 Å². The SMILES string of the molecule is CCC(CC)NC(=O)c1sc2nc3n(c(=O)c2c1C)CCCCC3. The Labute approximate surface area is 146 Å². The Hall–Kier alpha value is -1.69. The van der Waals surface area contributed by atoms with Crippen LogP contribution in [0.4, 0.5) is 0 Å². The third kappa shape index (κ3) is 2.99. The van der Waals surface area contributed by atoms with Gasteiger partial charge in [-0.1, -0.05) is 20.3 Å². The van der Waals surface area contributed by atoms with Gasteiger partial charge in [-0.3, -0.25) is 14.2 Å². The van der Waals surface area contributed by atoms with Gasteiger partial charge >= 0.3 is 0 Å². The van der Waals surface area contributed by atoms with Gasteiger partial charge in [-0.05, 0) is 38.2 Å². The predicted molar refractivity (Wildman–Crippen MR) is 98.0 cm³/mol. The van der Waals surface area contributed by atoms with Gasteiger partial charge in [0.1, 0.15) is 10.7 Å². The van der Waals surface area contributed by atoms with E-state index in [9.17, 15) is 9.59 Å². The molecule has 0 radical (unpaired) electrons. The van der Waals surface area contributed by atoms with Crippen LogP contribution in [0.3, 0.4) is 0 Å². The highest BCUT2D eigenvalue weighted by atomic mass is 32.1. The highest BCUT2D eigenvalue weighted by molar-refractivity contribution is 7.20. The molecule has 0 aromatic carbocycles. The maximum absolute atomic E-state index is 12.9. The van der Waals surface area contributed by atoms with E-state index in [-0.39, 0.29) is 17.5 Å². The smallest absolute Gasteiger partial charge is 0.262 e. The van der Waals surface area contributed by atoms with Gasteiger partial charge in [-0.25, -0.2) is 4.98 Å². The van der Waals surface area contributed by atoms with Crippen LogP contribution >= 0.6 is 11.3 Å². The van der Waals surface area contributed by atoms with Crippen LogP contribution in [0, 0.1) is 6.92 Å². The van der Waals surface area contributed by atoms with E-state index in [1.165, 1.54) is 11.3 Å². The molecule has 0 aliphatic carbocycles. The lowest BCUT2D eigenvalue weighted by Gasteiger charge is -2.14. The molecular weight excluding hydrogens is 322 g/mol. The van der Waals surface area contributed by atoms with Gasteiger partial charge in [0.2, 0.25) is 0 Å². The minimum atomic E-state index is -0.0798. The summed E-state index contributed by atoms with van der Waals surface area (Å²) in [6.07, 6.45) is 5.88. The molecule has 5 nitrogen and oxygen atoms in total. The Morgan fingerprint density at radius 2 is 2.04 bits per heavy atom. The number of nitrogens with one attached hydrogen (secondary N) is 1. The summed E-state index contributed by atoms with van der Waals surface area (Å²) in [6, 6.07) is 0.174. The average molecular weight is 347 g/mol. The molecule has 24 heavy (non-hydrogen) atoms. The zero-order valence-electron chi connectivity index (χ0n) is 14.6. The molecule has 1 amide bonds. The molecule has 1 aliphatic heterocycles. The molecule has 0 saturated heterocycles. The Morgan fingerprint density at radius 1 is 1.29 bits per heavy atom. The predicted octanol–water partition coefficient (Wildman–Crippen LogP) is 3.41. The fourth-order valence-electron chi connectivity index (χ4n) is 3.37. The lowest BCUT2D eigenvalue weighted by Crippen LogP contribution is -2.33. The number of nitrogens with zero attached hydrogens (tertiary/aromatic N) is 2. The third-order valence-corrected chi connectivity index (χ3v) is 6.12. The Morgan fingerprint density at radius 3 is 2.75 bits per heavy atom. The molecule has 6 heteroatoms. The summed E-state index contributed by atoms with van der Waals surface area (Å²) in [5.74, 6) is 0.794. The summed E-state index contributed by atoms with van der Waals surface area (Å²) in [6.45, 7) is 6.74. The molecule has 130 valence electrons. The molecule has 1 aliphatic rings. The van der Waals surface area contributed by atoms with Crippen LogP contribution in [0.25, 0.3) is 10.2 Å². The van der Waals surface area contributed by atoms with Crippen molar-refractivity contribution in [2.75, 3.05) is 0 Å². The molecule has 0 unspecified atom stereocenters. The van der Waals surface area contributed by atoms with Crippen molar-refractivity contribution < 1.29 is 4.79 Å². The van der Waals surface area contributed by atoms with E-state index in [0.717, 1.165) is 56.5 Å². The highest BCUT2D eigenvalue weighted by Crippen LogP contribution is 2.28. The topological polar surface area (TPSA) is 64.0 Å². The average Bonchev–Trinajstić information content (AvgIpc) is 2.75. The van der Waals surface area contributed by atoms with Crippen molar-refractivity contribution in [1.82, 2.24) is 14.9 Å². The van der Waals surface area contributed by atoms with Gasteiger partial charge in [0, 0.05) is 19.0 Å². The minimum Gasteiger partial charge on any atom is -0.349 e. The minimum absolute atomic E-state index is 0.0206. The lowest BCUT2D eigenvalue weighted by atomic mass is 10.1. The van der Waals surface area contributed by atoms with Crippen LogP contribution in [0.1, 0.15) is 67.0 Å². The number of carbonyl (C=O) groups excluding carboxylic acids is 1. The molecule has 0 fully saturated rings. The summed E-state index contributed by atoms with van der Waals surface area (Å²) < 4.78 is 1.82. The number of hydrogen-bond acceptors (Lipinski definition) is 4. The molecule has 3 rings (SSSR count). The highest BCUT2D eigenvalue weighted by Gasteiger charge is 2.23. The van der Waals surface area contributed by atoms with Crippen LogP contribution < -0.4 is 10.9 Å². The number of carbonyl (C=O) groups is 1. The number of fused-ring (bicyclic) bond motifs is 2. The van der Waals surface area contributed by atoms with E-state index < -0.39 is 0 Å². The molecule has 2 aromatic heterocycles. The summed E-state index contributed by atoms with van der Waals surface area (Å²) in [4.78, 5) is 31.6. The maximum atomic E-state index is 12.9. The van der Waals surface area contributed by atoms with E-state index in [1.807, 2.05) is 11.5 Å². The van der Waals surface area contributed by atoms with Crippen molar-refractivity contribution in [3.8, 4) is 0 Å². The van der Waals surface area contributed by atoms with E-state index >= 15 is 0 Å². The largest absolute Gasteiger partial charge is 0.349 e. The summed E-state index contributed by atoms with van der Waals surface area (Å²) in [7, 11) is 0. The molecule has 0 saturated carbocycles. The van der Waals surface area contributed by atoms with Gasteiger partial charge in [0.25, 0.3) is 11.5 Å². The number of aryl methyl sites for hydroxylation is 2. The summed E-state index contributed by atoms with van der Waals surface area (Å²) in [5.41, 5.74) is 0.794. The maximum Gasteiger partial charge on any atom is 0.262 e. The monoisotopic (exact) mass is 347 g/mol. The fraction of sp³-hybridized carbons (Fsp3) is 0.611. The van der Waals surface area contributed by atoms with Crippen LogP contribution in [0.5, 0.6) is 0 Å². The first-order valence-electron chi connectivity index (χ1n) is 8.90. The van der Waals surface area contributed by atoms with E-state index in [4.69, 9.17) is 4.98 Å². The molecule has 3 heterocycles. The van der Waals surface area contributed by atoms with Crippen molar-refractivity contribution in [3.05, 3.63) is 26.6 Å². The molecule has 2 aromatic rings. The van der Waals surface area contributed by atoms with Crippen molar-refractivity contribution in [3.63, 3.8) is 0 Å². The molecule has 0 bridgehead atoms. The first-order chi connectivity index (χ1) is 11.6. The Bertz CT molecular complexity index is 818. The van der Waals surface area contributed by atoms with Crippen LogP contribution in [0.15, 0.2) is 4.79 Å². The fourth-order valence-corrected chi connectivity index (χ4v) is 4.46. The second-order valence-electron chi connectivity index (χ2n) is 6.52. The molecule has 0 atom stereocenters. The third-order valence-electron chi connectivity index (χ3n) is 4.94. The first-order valence-corrected chi connectivity index (χ1v) is 9.72. The molecular formula is C18H25N3O2S. The quantitative estimate of drug-likeness (QED) is 0.922. The second-order valence-corrected chi connectivity index (χ2v) is 7.52. The van der Waals surface area contributed by atoms with Gasteiger partial charge in [-0.15, -0.1) is 11.3 Å². The molecule has 0 spiro atoms. The van der Waals surface area contributed by atoms with Crippen LogP contribution in [0.2, 0.25) is 0 Å². The standard InChI is InChI=1S/C18H25N3O2S/c1-4-12(5-2)19-16(22)15-11(3)14-17(24-15)20-13-9-7-6-8-10-21(13)18(14)23/h12H,4-10H2,1-3H3,(H,19,22). The van der Waals surface area contributed by atoms with Crippen LogP contribution in [-0.2, 0) is 13.0 Å². The van der Waals surface area contributed by atoms with Gasteiger partial charge in [0.15, 0.2) is 0 Å². The van der Waals surface area contributed by atoms with Crippen molar-refractivity contribution in [2.45, 2.75) is 71.9 Å². The van der Waals surface area contributed by atoms with Crippen molar-refractivity contribution >= 4 is 27.5 Å². The number of amides is 1. The first kappa shape index (κ1) is 17.1. The van der Waals surface area contributed by atoms with E-state index in [0.29, 0.717) is 15.1 Å². The second kappa shape index (κ2) is 7.05. The lowest BCUT2D eigenvalue weighted by molar-refractivity contribution is 0.0938. The number of thiophene rings is 1. The summed E-state index contributed by atoms with van der Waals surface area (Å²) in [5, 5.41) is 3.69. The Balaban J connectivity index is 2.06. The van der Waals surface area contributed by atoms with Crippen LogP contribution in [-0.4, -0.2) is 21.5 Å². The van der Waals surface area contributed by atoms with Crippen molar-refractivity contribution in [2.24, 2.45) is 0 Å². The van der Waals surface area contributed by atoms with E-state index in [1.54, 1.807) is 0 Å². The number of hydrogen-bond donors (Lipinski definition) is 1. The number of rotatable bonds is 4. The zero-order valence-corrected chi connectivity index (χ0v) is 15.5. The summed E-state index contributed by atoms with van der Waals surface area (Å²) >= 11 is 1.35. The Kier molecular flexibility index (Phi) is 5.04. The number of aromatic nitrogens is 2. The zero-order chi connectivity index (χ0) is 17.3. The van der Waals surface area contributed by atoms with Gasteiger partial charge in [0.05, 0.1) is 10.3 Å². The molecule has 1 N–H and O–H groups in total. The normalized spacial score (nSPS) is 14.7. The van der Waals surface area contributed by atoms with E-state index in [2.05, 4.69) is 19.2 Å². The van der Waals surface area contributed by atoms with Gasteiger partial charge in [-0.2, -0.15) is 0 Å². The van der Waals surface area contributed by atoms with Gasteiger partial charge < -0.3 is 5.32 Å².